The van der Waals surface area contributed by atoms with E-state index < -0.39 is 5.97 Å². The monoisotopic (exact) mass is 313 g/mol. The van der Waals surface area contributed by atoms with E-state index in [1.165, 1.54) is 0 Å². The molecule has 4 nitrogen and oxygen atoms in total. The molecule has 0 unspecified atom stereocenters. The average molecular weight is 314 g/mol. The quantitative estimate of drug-likeness (QED) is 0.876. The third kappa shape index (κ3) is 5.31. The Hall–Kier alpha value is -1.36. The van der Waals surface area contributed by atoms with Crippen LogP contribution in [-0.2, 0) is 16.0 Å². The molecule has 1 aromatic rings. The van der Waals surface area contributed by atoms with Gasteiger partial charge in [0.1, 0.15) is 0 Å². The summed E-state index contributed by atoms with van der Waals surface area (Å²) in [5.74, 6) is -0.832. The molecule has 0 spiro atoms. The first-order chi connectivity index (χ1) is 8.49. The molecule has 0 saturated carbocycles. The van der Waals surface area contributed by atoms with Gasteiger partial charge in [0, 0.05) is 24.5 Å². The van der Waals surface area contributed by atoms with Gasteiger partial charge >= 0.3 is 5.97 Å². The summed E-state index contributed by atoms with van der Waals surface area (Å²) in [4.78, 5) is 23.8. The lowest BCUT2D eigenvalue weighted by Crippen LogP contribution is -2.29. The maximum Gasteiger partial charge on any atom is 0.303 e. The number of likely N-dealkylation sites (N-methyl/N-ethyl adjacent to an activating group) is 1. The Morgan fingerprint density at radius 2 is 2.11 bits per heavy atom. The first-order valence-electron chi connectivity index (χ1n) is 5.69. The van der Waals surface area contributed by atoms with E-state index in [0.717, 1.165) is 10.0 Å². The number of benzene rings is 1. The normalized spacial score (nSPS) is 10.1. The number of amides is 1. The number of nitrogens with zero attached hydrogens (tertiary/aromatic N) is 1. The molecule has 0 saturated heterocycles. The van der Waals surface area contributed by atoms with Crippen LogP contribution in [-0.4, -0.2) is 35.5 Å². The molecule has 98 valence electrons. The van der Waals surface area contributed by atoms with Gasteiger partial charge in [-0.1, -0.05) is 28.1 Å². The van der Waals surface area contributed by atoms with Crippen LogP contribution in [0.25, 0.3) is 0 Å². The summed E-state index contributed by atoms with van der Waals surface area (Å²) in [6.45, 7) is 0.471. The van der Waals surface area contributed by atoms with E-state index >= 15 is 0 Å². The van der Waals surface area contributed by atoms with Crippen molar-refractivity contribution in [1.29, 1.82) is 0 Å². The topological polar surface area (TPSA) is 57.6 Å². The summed E-state index contributed by atoms with van der Waals surface area (Å²) >= 11 is 3.36. The number of aliphatic carboxylic acids is 1. The molecule has 0 atom stereocenters. The first kappa shape index (κ1) is 14.7. The number of carbonyl (C=O) groups is 2. The lowest BCUT2D eigenvalue weighted by Gasteiger charge is -2.16. The molecule has 0 aliphatic carbocycles. The molecule has 1 N–H and O–H groups in total. The fourth-order valence-corrected chi connectivity index (χ4v) is 2.00. The zero-order valence-corrected chi connectivity index (χ0v) is 11.8. The van der Waals surface area contributed by atoms with Crippen LogP contribution in [0.15, 0.2) is 28.7 Å². The van der Waals surface area contributed by atoms with Crippen LogP contribution in [0.4, 0.5) is 0 Å². The van der Waals surface area contributed by atoms with Crippen molar-refractivity contribution in [2.24, 2.45) is 0 Å². The van der Waals surface area contributed by atoms with Gasteiger partial charge in [0.15, 0.2) is 0 Å². The van der Waals surface area contributed by atoms with Gasteiger partial charge in [-0.3, -0.25) is 9.59 Å². The van der Waals surface area contributed by atoms with Gasteiger partial charge in [0.25, 0.3) is 0 Å². The number of rotatable bonds is 6. The molecule has 0 radical (unpaired) electrons. The lowest BCUT2D eigenvalue weighted by molar-refractivity contribution is -0.138. The Morgan fingerprint density at radius 3 is 2.72 bits per heavy atom. The Bertz CT molecular complexity index is 434. The fourth-order valence-electron chi connectivity index (χ4n) is 1.55. The van der Waals surface area contributed by atoms with Gasteiger partial charge < -0.3 is 10.0 Å². The number of carbonyl (C=O) groups excluding carboxylic acids is 1. The third-order valence-corrected chi connectivity index (χ3v) is 3.05. The van der Waals surface area contributed by atoms with Crippen molar-refractivity contribution in [3.05, 3.63) is 34.3 Å². The molecule has 0 aromatic heterocycles. The summed E-state index contributed by atoms with van der Waals surface area (Å²) in [6.07, 6.45) is 0.910. The van der Waals surface area contributed by atoms with E-state index in [1.54, 1.807) is 11.9 Å². The highest BCUT2D eigenvalue weighted by atomic mass is 79.9. The average Bonchev–Trinajstić information content (AvgIpc) is 2.28. The Kier molecular flexibility index (Phi) is 5.85. The van der Waals surface area contributed by atoms with E-state index in [2.05, 4.69) is 15.9 Å². The molecule has 0 aliphatic rings. The third-order valence-electron chi connectivity index (χ3n) is 2.55. The second-order valence-corrected chi connectivity index (χ2v) is 5.03. The molecular weight excluding hydrogens is 298 g/mol. The second kappa shape index (κ2) is 7.16. The van der Waals surface area contributed by atoms with Crippen molar-refractivity contribution in [3.8, 4) is 0 Å². The number of carboxylic acid groups (broad SMARTS) is 1. The predicted octanol–water partition coefficient (Wildman–Crippen LogP) is 2.31. The molecule has 1 aromatic carbocycles. The van der Waals surface area contributed by atoms with E-state index in [0.29, 0.717) is 19.4 Å². The van der Waals surface area contributed by atoms with Gasteiger partial charge in [-0.05, 0) is 24.1 Å². The van der Waals surface area contributed by atoms with Crippen LogP contribution in [0, 0.1) is 0 Å². The van der Waals surface area contributed by atoms with Gasteiger partial charge in [0.2, 0.25) is 5.91 Å². The number of hydrogen-bond acceptors (Lipinski definition) is 2. The van der Waals surface area contributed by atoms with Crippen molar-refractivity contribution in [3.63, 3.8) is 0 Å². The zero-order valence-electron chi connectivity index (χ0n) is 10.2. The molecule has 0 fully saturated rings. The van der Waals surface area contributed by atoms with Crippen LogP contribution in [0.2, 0.25) is 0 Å². The van der Waals surface area contributed by atoms with Crippen molar-refractivity contribution in [1.82, 2.24) is 4.90 Å². The van der Waals surface area contributed by atoms with Crippen LogP contribution >= 0.6 is 15.9 Å². The summed E-state index contributed by atoms with van der Waals surface area (Å²) in [6, 6.07) is 7.60. The highest BCUT2D eigenvalue weighted by Gasteiger charge is 2.10. The zero-order chi connectivity index (χ0) is 13.5. The number of hydrogen-bond donors (Lipinski definition) is 1. The summed E-state index contributed by atoms with van der Waals surface area (Å²) in [5, 5.41) is 8.52. The van der Waals surface area contributed by atoms with E-state index in [9.17, 15) is 9.59 Å². The highest BCUT2D eigenvalue weighted by Crippen LogP contribution is 2.12. The van der Waals surface area contributed by atoms with Gasteiger partial charge in [-0.15, -0.1) is 0 Å². The second-order valence-electron chi connectivity index (χ2n) is 4.12. The molecule has 0 aliphatic heterocycles. The van der Waals surface area contributed by atoms with E-state index in [4.69, 9.17) is 5.11 Å². The van der Waals surface area contributed by atoms with Gasteiger partial charge in [-0.25, -0.2) is 0 Å². The van der Waals surface area contributed by atoms with Gasteiger partial charge in [-0.2, -0.15) is 0 Å². The summed E-state index contributed by atoms with van der Waals surface area (Å²) in [7, 11) is 1.70. The predicted molar refractivity (Wildman–Crippen MR) is 72.4 cm³/mol. The van der Waals surface area contributed by atoms with Gasteiger partial charge in [0.05, 0.1) is 6.42 Å². The largest absolute Gasteiger partial charge is 0.481 e. The Labute approximate surface area is 115 Å². The summed E-state index contributed by atoms with van der Waals surface area (Å²) < 4.78 is 0.946. The standard InChI is InChI=1S/C13H16BrNO3/c1-15(7-3-6-13(17)18)12(16)9-10-4-2-5-11(14)8-10/h2,4-5,8H,3,6-7,9H2,1H3,(H,17,18). The molecule has 18 heavy (non-hydrogen) atoms. The van der Waals surface area contributed by atoms with Crippen LogP contribution in [0.3, 0.4) is 0 Å². The maximum absolute atomic E-state index is 11.9. The minimum Gasteiger partial charge on any atom is -0.481 e. The molecule has 0 bridgehead atoms. The van der Waals surface area contributed by atoms with Crippen molar-refractivity contribution in [2.75, 3.05) is 13.6 Å². The Balaban J connectivity index is 2.42. The minimum atomic E-state index is -0.831. The molecule has 1 amide bonds. The van der Waals surface area contributed by atoms with Crippen molar-refractivity contribution in [2.45, 2.75) is 19.3 Å². The first-order valence-corrected chi connectivity index (χ1v) is 6.48. The Morgan fingerprint density at radius 1 is 1.39 bits per heavy atom. The summed E-state index contributed by atoms with van der Waals surface area (Å²) in [5.41, 5.74) is 0.944. The minimum absolute atomic E-state index is 0.00140. The number of carboxylic acids is 1. The van der Waals surface area contributed by atoms with Crippen molar-refractivity contribution < 1.29 is 14.7 Å². The van der Waals surface area contributed by atoms with Crippen LogP contribution in [0.5, 0.6) is 0 Å². The van der Waals surface area contributed by atoms with Crippen LogP contribution in [0.1, 0.15) is 18.4 Å². The SMILES string of the molecule is CN(CCCC(=O)O)C(=O)Cc1cccc(Br)c1. The number of halogens is 1. The maximum atomic E-state index is 11.9. The molecule has 1 rings (SSSR count). The lowest BCUT2D eigenvalue weighted by atomic mass is 10.1. The van der Waals surface area contributed by atoms with Crippen LogP contribution < -0.4 is 0 Å². The molecule has 0 heterocycles. The van der Waals surface area contributed by atoms with E-state index in [-0.39, 0.29) is 12.3 Å². The highest BCUT2D eigenvalue weighted by molar-refractivity contribution is 9.10. The van der Waals surface area contributed by atoms with Crippen molar-refractivity contribution >= 4 is 27.8 Å². The molecule has 5 heteroatoms. The fraction of sp³-hybridized carbons (Fsp3) is 0.385. The van der Waals surface area contributed by atoms with E-state index in [1.807, 2.05) is 24.3 Å². The molecular formula is C13H16BrNO3. The smallest absolute Gasteiger partial charge is 0.303 e.